The van der Waals surface area contributed by atoms with E-state index in [0.717, 1.165) is 6.20 Å². The second-order valence-corrected chi connectivity index (χ2v) is 2.94. The second-order valence-electron chi connectivity index (χ2n) is 2.94. The van der Waals surface area contributed by atoms with Gasteiger partial charge in [0.25, 0.3) is 0 Å². The Bertz CT molecular complexity index is 381. The Morgan fingerprint density at radius 1 is 1.50 bits per heavy atom. The van der Waals surface area contributed by atoms with Gasteiger partial charge in [0.1, 0.15) is 11.9 Å². The Morgan fingerprint density at radius 2 is 2.19 bits per heavy atom. The lowest BCUT2D eigenvalue weighted by Crippen LogP contribution is -2.15. The van der Waals surface area contributed by atoms with Crippen LogP contribution in [-0.4, -0.2) is 22.6 Å². The molecule has 1 heterocycles. The maximum absolute atomic E-state index is 11.8. The SMILES string of the molecule is O=[N+]([O-])c1cnccc1NCCC(F)(F)F. The van der Waals surface area contributed by atoms with E-state index in [1.54, 1.807) is 0 Å². The smallest absolute Gasteiger partial charge is 0.379 e. The number of alkyl halides is 3. The van der Waals surface area contributed by atoms with Gasteiger partial charge in [-0.05, 0) is 6.07 Å². The molecule has 1 rings (SSSR count). The van der Waals surface area contributed by atoms with Gasteiger partial charge in [-0.15, -0.1) is 0 Å². The van der Waals surface area contributed by atoms with E-state index in [9.17, 15) is 23.3 Å². The van der Waals surface area contributed by atoms with Crippen molar-refractivity contribution in [1.82, 2.24) is 4.98 Å². The van der Waals surface area contributed by atoms with Crippen LogP contribution >= 0.6 is 0 Å². The summed E-state index contributed by atoms with van der Waals surface area (Å²) in [4.78, 5) is 13.3. The van der Waals surface area contributed by atoms with Crippen LogP contribution < -0.4 is 5.32 Å². The minimum Gasteiger partial charge on any atom is -0.379 e. The monoisotopic (exact) mass is 235 g/mol. The summed E-state index contributed by atoms with van der Waals surface area (Å²) < 4.78 is 35.5. The molecule has 5 nitrogen and oxygen atoms in total. The molecule has 88 valence electrons. The highest BCUT2D eigenvalue weighted by Gasteiger charge is 2.26. The number of hydrogen-bond donors (Lipinski definition) is 1. The molecule has 0 fully saturated rings. The molecule has 0 saturated carbocycles. The van der Waals surface area contributed by atoms with E-state index in [4.69, 9.17) is 0 Å². The molecule has 0 aliphatic carbocycles. The van der Waals surface area contributed by atoms with E-state index in [1.165, 1.54) is 12.3 Å². The Morgan fingerprint density at radius 3 is 2.75 bits per heavy atom. The molecular formula is C8H8F3N3O2. The number of halogens is 3. The van der Waals surface area contributed by atoms with Gasteiger partial charge in [0, 0.05) is 12.7 Å². The molecule has 0 unspecified atom stereocenters. The van der Waals surface area contributed by atoms with Crippen LogP contribution in [0.15, 0.2) is 18.5 Å². The molecule has 1 N–H and O–H groups in total. The van der Waals surface area contributed by atoms with Crippen molar-refractivity contribution >= 4 is 11.4 Å². The van der Waals surface area contributed by atoms with Gasteiger partial charge in [0.15, 0.2) is 0 Å². The van der Waals surface area contributed by atoms with Gasteiger partial charge in [-0.1, -0.05) is 0 Å². The van der Waals surface area contributed by atoms with E-state index in [1.807, 2.05) is 0 Å². The van der Waals surface area contributed by atoms with Crippen LogP contribution in [0.2, 0.25) is 0 Å². The maximum Gasteiger partial charge on any atom is 0.390 e. The van der Waals surface area contributed by atoms with Crippen molar-refractivity contribution in [2.75, 3.05) is 11.9 Å². The third-order valence-corrected chi connectivity index (χ3v) is 1.72. The summed E-state index contributed by atoms with van der Waals surface area (Å²) in [6, 6.07) is 1.26. The van der Waals surface area contributed by atoms with Crippen molar-refractivity contribution in [2.45, 2.75) is 12.6 Å². The molecule has 1 aromatic heterocycles. The molecule has 0 aromatic carbocycles. The summed E-state index contributed by atoms with van der Waals surface area (Å²) in [5.74, 6) is 0. The first-order valence-corrected chi connectivity index (χ1v) is 4.29. The van der Waals surface area contributed by atoms with Crippen molar-refractivity contribution in [2.24, 2.45) is 0 Å². The van der Waals surface area contributed by atoms with Gasteiger partial charge < -0.3 is 5.32 Å². The average molecular weight is 235 g/mol. The van der Waals surface area contributed by atoms with Crippen LogP contribution in [0, 0.1) is 10.1 Å². The fourth-order valence-corrected chi connectivity index (χ4v) is 1.02. The van der Waals surface area contributed by atoms with Gasteiger partial charge in [-0.3, -0.25) is 15.1 Å². The quantitative estimate of drug-likeness (QED) is 0.642. The van der Waals surface area contributed by atoms with Crippen LogP contribution in [-0.2, 0) is 0 Å². The molecule has 0 radical (unpaired) electrons. The highest BCUT2D eigenvalue weighted by molar-refractivity contribution is 5.59. The van der Waals surface area contributed by atoms with Crippen LogP contribution in [0.5, 0.6) is 0 Å². The van der Waals surface area contributed by atoms with Gasteiger partial charge in [0.2, 0.25) is 0 Å². The lowest BCUT2D eigenvalue weighted by Gasteiger charge is -2.08. The number of anilines is 1. The highest BCUT2D eigenvalue weighted by Crippen LogP contribution is 2.24. The molecule has 0 amide bonds. The number of nitro groups is 1. The van der Waals surface area contributed by atoms with Crippen LogP contribution in [0.3, 0.4) is 0 Å². The third kappa shape index (κ3) is 3.71. The summed E-state index contributed by atoms with van der Waals surface area (Å²) in [6.07, 6.45) is -3.08. The van der Waals surface area contributed by atoms with Crippen LogP contribution in [0.4, 0.5) is 24.5 Å². The minimum atomic E-state index is -4.28. The minimum absolute atomic E-state index is 0.0317. The fraction of sp³-hybridized carbons (Fsp3) is 0.375. The van der Waals surface area contributed by atoms with Gasteiger partial charge in [0.05, 0.1) is 11.3 Å². The molecule has 8 heteroatoms. The molecular weight excluding hydrogens is 227 g/mol. The molecule has 0 atom stereocenters. The number of hydrogen-bond acceptors (Lipinski definition) is 4. The largest absolute Gasteiger partial charge is 0.390 e. The van der Waals surface area contributed by atoms with E-state index in [-0.39, 0.29) is 11.4 Å². The van der Waals surface area contributed by atoms with E-state index < -0.39 is 24.1 Å². The summed E-state index contributed by atoms with van der Waals surface area (Å²) >= 11 is 0. The highest BCUT2D eigenvalue weighted by atomic mass is 19.4. The Balaban J connectivity index is 2.64. The summed E-state index contributed by atoms with van der Waals surface area (Å²) in [6.45, 7) is -0.408. The molecule has 0 saturated heterocycles. The topological polar surface area (TPSA) is 68.1 Å². The Labute approximate surface area is 88.4 Å². The number of nitrogens with zero attached hydrogens (tertiary/aromatic N) is 2. The normalized spacial score (nSPS) is 11.2. The number of rotatable bonds is 4. The zero-order valence-electron chi connectivity index (χ0n) is 7.99. The maximum atomic E-state index is 11.8. The fourth-order valence-electron chi connectivity index (χ4n) is 1.02. The van der Waals surface area contributed by atoms with Crippen molar-refractivity contribution in [3.63, 3.8) is 0 Å². The first-order valence-electron chi connectivity index (χ1n) is 4.29. The number of aromatic nitrogens is 1. The van der Waals surface area contributed by atoms with Crippen molar-refractivity contribution < 1.29 is 18.1 Å². The standard InChI is InChI=1S/C8H8F3N3O2/c9-8(10,11)2-4-13-6-1-3-12-5-7(6)14(15)16/h1,3,5H,2,4H2,(H,12,13). The second kappa shape index (κ2) is 4.77. The average Bonchev–Trinajstić information content (AvgIpc) is 2.16. The van der Waals surface area contributed by atoms with Crippen LogP contribution in [0.25, 0.3) is 0 Å². The zero-order chi connectivity index (χ0) is 12.2. The van der Waals surface area contributed by atoms with Crippen molar-refractivity contribution in [1.29, 1.82) is 0 Å². The van der Waals surface area contributed by atoms with Gasteiger partial charge in [-0.25, -0.2) is 0 Å². The lowest BCUT2D eigenvalue weighted by molar-refractivity contribution is -0.384. The molecule has 16 heavy (non-hydrogen) atoms. The first-order chi connectivity index (χ1) is 7.40. The van der Waals surface area contributed by atoms with Crippen molar-refractivity contribution in [3.8, 4) is 0 Å². The zero-order valence-corrected chi connectivity index (χ0v) is 7.99. The molecule has 0 aliphatic rings. The molecule has 0 spiro atoms. The van der Waals surface area contributed by atoms with Gasteiger partial charge >= 0.3 is 11.9 Å². The Hall–Kier alpha value is -1.86. The predicted molar refractivity (Wildman–Crippen MR) is 50.1 cm³/mol. The van der Waals surface area contributed by atoms with Crippen LogP contribution in [0.1, 0.15) is 6.42 Å². The van der Waals surface area contributed by atoms with Gasteiger partial charge in [-0.2, -0.15) is 13.2 Å². The number of pyridine rings is 1. The first kappa shape index (κ1) is 12.2. The lowest BCUT2D eigenvalue weighted by atomic mass is 10.3. The summed E-state index contributed by atoms with van der Waals surface area (Å²) in [7, 11) is 0. The third-order valence-electron chi connectivity index (χ3n) is 1.72. The van der Waals surface area contributed by atoms with E-state index in [2.05, 4.69) is 10.3 Å². The summed E-state index contributed by atoms with van der Waals surface area (Å²) in [5.41, 5.74) is -0.311. The van der Waals surface area contributed by atoms with Crippen molar-refractivity contribution in [3.05, 3.63) is 28.6 Å². The predicted octanol–water partition coefficient (Wildman–Crippen LogP) is 2.35. The summed E-state index contributed by atoms with van der Waals surface area (Å²) in [5, 5.41) is 12.8. The molecule has 0 aliphatic heterocycles. The molecule has 1 aromatic rings. The van der Waals surface area contributed by atoms with E-state index >= 15 is 0 Å². The van der Waals surface area contributed by atoms with E-state index in [0.29, 0.717) is 0 Å². The number of nitrogens with one attached hydrogen (secondary N) is 1. The molecule has 0 bridgehead atoms. The Kier molecular flexibility index (Phi) is 3.64.